The maximum Gasteiger partial charge on any atom is 0.321 e. The van der Waals surface area contributed by atoms with Crippen LogP contribution in [0, 0.1) is 0 Å². The lowest BCUT2D eigenvalue weighted by Gasteiger charge is -2.29. The van der Waals surface area contributed by atoms with Crippen molar-refractivity contribution in [3.63, 3.8) is 0 Å². The van der Waals surface area contributed by atoms with E-state index >= 15 is 0 Å². The first kappa shape index (κ1) is 19.4. The summed E-state index contributed by atoms with van der Waals surface area (Å²) in [7, 11) is 0. The van der Waals surface area contributed by atoms with E-state index < -0.39 is 11.6 Å². The lowest BCUT2D eigenvalue weighted by Crippen LogP contribution is -2.50. The highest BCUT2D eigenvalue weighted by atomic mass is 16.3. The van der Waals surface area contributed by atoms with E-state index in [2.05, 4.69) is 27.7 Å². The number of imide groups is 1. The molecule has 1 atom stereocenters. The Morgan fingerprint density at radius 3 is 2.68 bits per heavy atom. The minimum Gasteiger partial charge on any atom is -0.396 e. The van der Waals surface area contributed by atoms with Gasteiger partial charge < -0.3 is 10.4 Å². The molecule has 1 aromatic carbocycles. The van der Waals surface area contributed by atoms with Crippen LogP contribution in [0.5, 0.6) is 0 Å². The van der Waals surface area contributed by atoms with Crippen molar-refractivity contribution >= 4 is 11.9 Å². The van der Waals surface area contributed by atoms with E-state index in [4.69, 9.17) is 5.11 Å². The number of nitrogens with zero attached hydrogens (tertiary/aromatic N) is 1. The number of aliphatic hydroxyl groups is 1. The molecule has 1 aliphatic rings. The van der Waals surface area contributed by atoms with Crippen molar-refractivity contribution in [1.82, 2.24) is 15.5 Å². The Kier molecular flexibility index (Phi) is 6.56. The van der Waals surface area contributed by atoms with Gasteiger partial charge in [0.1, 0.15) is 0 Å². The number of rotatable bonds is 6. The Hall–Kier alpha value is -1.92. The van der Waals surface area contributed by atoms with Gasteiger partial charge in [0.25, 0.3) is 0 Å². The molecule has 0 fully saturated rings. The molecule has 138 valence electrons. The van der Waals surface area contributed by atoms with Crippen LogP contribution < -0.4 is 10.6 Å². The van der Waals surface area contributed by atoms with Gasteiger partial charge in [-0.15, -0.1) is 0 Å². The van der Waals surface area contributed by atoms with Crippen molar-refractivity contribution < 1.29 is 14.7 Å². The summed E-state index contributed by atoms with van der Waals surface area (Å²) in [6, 6.07) is 7.94. The van der Waals surface area contributed by atoms with Crippen LogP contribution in [0.2, 0.25) is 0 Å². The highest BCUT2D eigenvalue weighted by molar-refractivity contribution is 5.95. The maximum atomic E-state index is 12.3. The molecule has 6 nitrogen and oxygen atoms in total. The number of aryl methyl sites for hydroxylation is 1. The zero-order chi connectivity index (χ0) is 18.4. The lowest BCUT2D eigenvalue weighted by molar-refractivity contribution is -0.121. The van der Waals surface area contributed by atoms with Crippen LogP contribution in [-0.2, 0) is 11.2 Å². The minimum atomic E-state index is -0.480. The molecule has 3 amide bonds. The monoisotopic (exact) mass is 347 g/mol. The SMILES string of the molecule is CC(C)(C)NC(=O)NC(=O)CN(CCCO)[C@@H]1CCc2ccccc21. The topological polar surface area (TPSA) is 81.7 Å². The number of hydrogen-bond acceptors (Lipinski definition) is 4. The second-order valence-corrected chi connectivity index (χ2v) is 7.55. The number of benzene rings is 1. The van der Waals surface area contributed by atoms with Crippen LogP contribution in [0.15, 0.2) is 24.3 Å². The fraction of sp³-hybridized carbons (Fsp3) is 0.579. The number of amides is 3. The van der Waals surface area contributed by atoms with E-state index in [9.17, 15) is 9.59 Å². The number of urea groups is 1. The first-order chi connectivity index (χ1) is 11.8. The van der Waals surface area contributed by atoms with Gasteiger partial charge in [-0.3, -0.25) is 15.0 Å². The number of nitrogens with one attached hydrogen (secondary N) is 2. The number of aliphatic hydroxyl groups excluding tert-OH is 1. The van der Waals surface area contributed by atoms with E-state index in [1.165, 1.54) is 11.1 Å². The Morgan fingerprint density at radius 1 is 1.28 bits per heavy atom. The molecule has 6 heteroatoms. The molecular formula is C19H29N3O3. The smallest absolute Gasteiger partial charge is 0.321 e. The van der Waals surface area contributed by atoms with Gasteiger partial charge in [-0.25, -0.2) is 4.79 Å². The molecule has 0 saturated carbocycles. The van der Waals surface area contributed by atoms with Crippen molar-refractivity contribution in [1.29, 1.82) is 0 Å². The van der Waals surface area contributed by atoms with Crippen LogP contribution >= 0.6 is 0 Å². The molecule has 0 aliphatic heterocycles. The van der Waals surface area contributed by atoms with Crippen molar-refractivity contribution in [2.45, 2.75) is 51.6 Å². The molecule has 0 heterocycles. The zero-order valence-electron chi connectivity index (χ0n) is 15.3. The Morgan fingerprint density at radius 2 is 2.00 bits per heavy atom. The Bertz CT molecular complexity index is 610. The van der Waals surface area contributed by atoms with Gasteiger partial charge >= 0.3 is 6.03 Å². The number of hydrogen-bond donors (Lipinski definition) is 3. The van der Waals surface area contributed by atoms with Gasteiger partial charge in [0.15, 0.2) is 0 Å². The predicted molar refractivity (Wildman–Crippen MR) is 97.2 cm³/mol. The molecule has 3 N–H and O–H groups in total. The summed E-state index contributed by atoms with van der Waals surface area (Å²) in [5.74, 6) is -0.330. The van der Waals surface area contributed by atoms with Gasteiger partial charge in [0.2, 0.25) is 5.91 Å². The predicted octanol–water partition coefficient (Wildman–Crippen LogP) is 1.98. The maximum absolute atomic E-state index is 12.3. The van der Waals surface area contributed by atoms with Crippen LogP contribution in [0.3, 0.4) is 0 Å². The van der Waals surface area contributed by atoms with Gasteiger partial charge in [-0.2, -0.15) is 0 Å². The van der Waals surface area contributed by atoms with Gasteiger partial charge in [-0.05, 0) is 51.2 Å². The van der Waals surface area contributed by atoms with Crippen LogP contribution in [0.1, 0.15) is 50.8 Å². The average Bonchev–Trinajstić information content (AvgIpc) is 2.93. The second-order valence-electron chi connectivity index (χ2n) is 7.55. The Balaban J connectivity index is 2.01. The fourth-order valence-electron chi connectivity index (χ4n) is 3.26. The van der Waals surface area contributed by atoms with Crippen LogP contribution in [-0.4, -0.2) is 47.2 Å². The number of carbonyl (C=O) groups excluding carboxylic acids is 2. The summed E-state index contributed by atoms with van der Waals surface area (Å²) in [4.78, 5) is 26.2. The van der Waals surface area contributed by atoms with Gasteiger partial charge in [0, 0.05) is 24.7 Å². The summed E-state index contributed by atoms with van der Waals surface area (Å²) in [6.45, 7) is 6.41. The van der Waals surface area contributed by atoms with Gasteiger partial charge in [-0.1, -0.05) is 24.3 Å². The molecular weight excluding hydrogens is 318 g/mol. The van der Waals surface area contributed by atoms with Gasteiger partial charge in [0.05, 0.1) is 6.54 Å². The normalized spacial score (nSPS) is 16.6. The quantitative estimate of drug-likeness (QED) is 0.735. The highest BCUT2D eigenvalue weighted by Gasteiger charge is 2.29. The molecule has 0 aromatic heterocycles. The van der Waals surface area contributed by atoms with Crippen molar-refractivity contribution in [2.75, 3.05) is 19.7 Å². The first-order valence-electron chi connectivity index (χ1n) is 8.85. The molecule has 0 spiro atoms. The standard InChI is InChI=1S/C19H29N3O3/c1-19(2,3)21-18(25)20-17(24)13-22(11-6-12-23)16-10-9-14-7-4-5-8-15(14)16/h4-5,7-8,16,23H,6,9-13H2,1-3H3,(H2,20,21,24,25)/t16-/m1/s1. The van der Waals surface area contributed by atoms with Crippen LogP contribution in [0.4, 0.5) is 4.79 Å². The molecule has 0 saturated heterocycles. The molecule has 2 rings (SSSR count). The average molecular weight is 347 g/mol. The van der Waals surface area contributed by atoms with Crippen LogP contribution in [0.25, 0.3) is 0 Å². The molecule has 0 unspecified atom stereocenters. The third-order valence-electron chi connectivity index (χ3n) is 4.23. The lowest BCUT2D eigenvalue weighted by atomic mass is 10.1. The van der Waals surface area contributed by atoms with E-state index in [1.54, 1.807) is 0 Å². The van der Waals surface area contributed by atoms with E-state index in [-0.39, 0.29) is 25.1 Å². The Labute approximate surface area is 149 Å². The summed E-state index contributed by atoms with van der Waals surface area (Å²) in [5, 5.41) is 14.3. The first-order valence-corrected chi connectivity index (χ1v) is 8.85. The minimum absolute atomic E-state index is 0.0804. The van der Waals surface area contributed by atoms with Crippen molar-refractivity contribution in [2.24, 2.45) is 0 Å². The molecule has 0 radical (unpaired) electrons. The summed E-state index contributed by atoms with van der Waals surface area (Å²) < 4.78 is 0. The van der Waals surface area contributed by atoms with E-state index in [0.717, 1.165) is 12.8 Å². The third kappa shape index (κ3) is 5.83. The molecule has 25 heavy (non-hydrogen) atoms. The highest BCUT2D eigenvalue weighted by Crippen LogP contribution is 2.35. The fourth-order valence-corrected chi connectivity index (χ4v) is 3.26. The molecule has 1 aliphatic carbocycles. The molecule has 1 aromatic rings. The number of fused-ring (bicyclic) bond motifs is 1. The van der Waals surface area contributed by atoms with Crippen molar-refractivity contribution in [3.8, 4) is 0 Å². The largest absolute Gasteiger partial charge is 0.396 e. The van der Waals surface area contributed by atoms with E-state index in [0.29, 0.717) is 13.0 Å². The number of carbonyl (C=O) groups is 2. The third-order valence-corrected chi connectivity index (χ3v) is 4.23. The summed E-state index contributed by atoms with van der Waals surface area (Å²) >= 11 is 0. The summed E-state index contributed by atoms with van der Waals surface area (Å²) in [5.41, 5.74) is 2.16. The van der Waals surface area contributed by atoms with E-state index in [1.807, 2.05) is 32.9 Å². The second kappa shape index (κ2) is 8.45. The zero-order valence-corrected chi connectivity index (χ0v) is 15.3. The van der Waals surface area contributed by atoms with Crippen molar-refractivity contribution in [3.05, 3.63) is 35.4 Å². The molecule has 0 bridgehead atoms. The summed E-state index contributed by atoms with van der Waals surface area (Å²) in [6.07, 6.45) is 2.54.